The number of rotatable bonds is 7. The zero-order valence-electron chi connectivity index (χ0n) is 13.4. The summed E-state index contributed by atoms with van der Waals surface area (Å²) in [6.07, 6.45) is 2.29. The lowest BCUT2D eigenvalue weighted by atomic mass is 9.93. The van der Waals surface area contributed by atoms with Gasteiger partial charge in [-0.15, -0.1) is 0 Å². The summed E-state index contributed by atoms with van der Waals surface area (Å²) in [4.78, 5) is 2.15. The molecule has 0 bridgehead atoms. The molecule has 0 spiro atoms. The zero-order chi connectivity index (χ0) is 15.5. The predicted octanol–water partition coefficient (Wildman–Crippen LogP) is 2.80. The number of nitriles is 1. The molecule has 1 saturated carbocycles. The van der Waals surface area contributed by atoms with Gasteiger partial charge in [0.1, 0.15) is 11.3 Å². The van der Waals surface area contributed by atoms with Gasteiger partial charge >= 0.3 is 0 Å². The van der Waals surface area contributed by atoms with Crippen molar-refractivity contribution in [2.75, 3.05) is 25.6 Å². The van der Waals surface area contributed by atoms with Crippen molar-refractivity contribution in [2.24, 2.45) is 5.92 Å². The summed E-state index contributed by atoms with van der Waals surface area (Å²) in [5, 5.41) is 13.3. The molecule has 114 valence electrons. The van der Waals surface area contributed by atoms with Gasteiger partial charge in [-0.2, -0.15) is 5.26 Å². The van der Waals surface area contributed by atoms with E-state index in [0.29, 0.717) is 18.5 Å². The van der Waals surface area contributed by atoms with E-state index in [1.165, 1.54) is 0 Å². The molecule has 1 aromatic rings. The lowest BCUT2D eigenvalue weighted by Gasteiger charge is -2.35. The molecular weight excluding hydrogens is 262 g/mol. The van der Waals surface area contributed by atoms with Gasteiger partial charge in [-0.3, -0.25) is 5.32 Å². The smallest absolute Gasteiger partial charge is 0.127 e. The highest BCUT2D eigenvalue weighted by atomic mass is 16.5. The van der Waals surface area contributed by atoms with Crippen LogP contribution in [0.2, 0.25) is 0 Å². The van der Waals surface area contributed by atoms with Crippen molar-refractivity contribution in [3.63, 3.8) is 0 Å². The topological polar surface area (TPSA) is 48.3 Å². The van der Waals surface area contributed by atoms with Gasteiger partial charge in [0.25, 0.3) is 0 Å². The van der Waals surface area contributed by atoms with Gasteiger partial charge in [-0.25, -0.2) is 0 Å². The number of methoxy groups -OCH3 is 1. The highest BCUT2D eigenvalue weighted by Gasteiger charge is 2.46. The van der Waals surface area contributed by atoms with Crippen LogP contribution in [0, 0.1) is 17.2 Å². The summed E-state index contributed by atoms with van der Waals surface area (Å²) in [5.74, 6) is 1.31. The molecule has 2 rings (SSSR count). The Morgan fingerprint density at radius 3 is 2.43 bits per heavy atom. The maximum Gasteiger partial charge on any atom is 0.127 e. The summed E-state index contributed by atoms with van der Waals surface area (Å²) in [6, 6.07) is 10.8. The Balaban J connectivity index is 2.13. The Morgan fingerprint density at radius 2 is 2.00 bits per heavy atom. The van der Waals surface area contributed by atoms with Crippen molar-refractivity contribution in [3.8, 4) is 11.8 Å². The Bertz CT molecular complexity index is 502. The Kier molecular flexibility index (Phi) is 4.74. The van der Waals surface area contributed by atoms with Crippen LogP contribution in [0.3, 0.4) is 0 Å². The zero-order valence-corrected chi connectivity index (χ0v) is 13.4. The van der Waals surface area contributed by atoms with Crippen molar-refractivity contribution in [1.82, 2.24) is 5.32 Å². The third-order valence-electron chi connectivity index (χ3n) is 4.02. The molecule has 0 heterocycles. The van der Waals surface area contributed by atoms with E-state index in [0.717, 1.165) is 24.3 Å². The lowest BCUT2D eigenvalue weighted by Crippen LogP contribution is -2.56. The molecule has 4 nitrogen and oxygen atoms in total. The fraction of sp³-hybridized carbons (Fsp3) is 0.588. The number of ether oxygens (including phenoxy) is 1. The quantitative estimate of drug-likeness (QED) is 0.838. The van der Waals surface area contributed by atoms with E-state index < -0.39 is 5.54 Å². The number of hydrogen-bond acceptors (Lipinski definition) is 4. The van der Waals surface area contributed by atoms with E-state index in [2.05, 4.69) is 30.1 Å². The van der Waals surface area contributed by atoms with Crippen LogP contribution in [-0.4, -0.2) is 32.3 Å². The molecule has 0 radical (unpaired) electrons. The van der Waals surface area contributed by atoms with Crippen LogP contribution >= 0.6 is 0 Å². The molecule has 1 aliphatic carbocycles. The van der Waals surface area contributed by atoms with Gasteiger partial charge in [0.15, 0.2) is 0 Å². The Labute approximate surface area is 127 Å². The first-order chi connectivity index (χ1) is 10.0. The summed E-state index contributed by atoms with van der Waals surface area (Å²) >= 11 is 0. The third kappa shape index (κ3) is 3.68. The SMILES string of the molecule is COc1ccc(N(C)CC(C#N)(NC(C)C)C2CC2)cc1. The first-order valence-corrected chi connectivity index (χ1v) is 7.55. The van der Waals surface area contributed by atoms with Gasteiger partial charge < -0.3 is 9.64 Å². The summed E-state index contributed by atoms with van der Waals surface area (Å²) in [7, 11) is 3.71. The van der Waals surface area contributed by atoms with Gasteiger partial charge in [0.2, 0.25) is 0 Å². The number of benzene rings is 1. The van der Waals surface area contributed by atoms with E-state index in [1.807, 2.05) is 31.3 Å². The first kappa shape index (κ1) is 15.7. The predicted molar refractivity (Wildman–Crippen MR) is 85.6 cm³/mol. The monoisotopic (exact) mass is 287 g/mol. The second-order valence-corrected chi connectivity index (χ2v) is 6.21. The second-order valence-electron chi connectivity index (χ2n) is 6.21. The van der Waals surface area contributed by atoms with Gasteiger partial charge in [0, 0.05) is 25.3 Å². The van der Waals surface area contributed by atoms with Gasteiger partial charge in [-0.1, -0.05) is 0 Å². The summed E-state index contributed by atoms with van der Waals surface area (Å²) in [6.45, 7) is 4.89. The molecule has 1 atom stereocenters. The molecule has 21 heavy (non-hydrogen) atoms. The normalized spacial score (nSPS) is 17.1. The molecule has 0 amide bonds. The molecule has 1 aromatic carbocycles. The van der Waals surface area contributed by atoms with Crippen LogP contribution in [0.1, 0.15) is 26.7 Å². The minimum atomic E-state index is -0.456. The molecule has 1 unspecified atom stereocenters. The van der Waals surface area contributed by atoms with Gasteiger partial charge in [0.05, 0.1) is 13.2 Å². The molecule has 0 saturated heterocycles. The average molecular weight is 287 g/mol. The van der Waals surface area contributed by atoms with Crippen LogP contribution in [0.15, 0.2) is 24.3 Å². The van der Waals surface area contributed by atoms with Crippen molar-refractivity contribution >= 4 is 5.69 Å². The first-order valence-electron chi connectivity index (χ1n) is 7.55. The van der Waals surface area contributed by atoms with Crippen LogP contribution in [0.25, 0.3) is 0 Å². The fourth-order valence-corrected chi connectivity index (χ4v) is 2.84. The molecule has 4 heteroatoms. The number of hydrogen-bond donors (Lipinski definition) is 1. The van der Waals surface area contributed by atoms with E-state index in [4.69, 9.17) is 4.74 Å². The summed E-state index contributed by atoms with van der Waals surface area (Å²) < 4.78 is 5.19. The van der Waals surface area contributed by atoms with E-state index in [-0.39, 0.29) is 0 Å². The molecule has 0 aromatic heterocycles. The number of anilines is 1. The van der Waals surface area contributed by atoms with Crippen LogP contribution < -0.4 is 15.0 Å². The Morgan fingerprint density at radius 1 is 1.38 bits per heavy atom. The van der Waals surface area contributed by atoms with Crippen molar-refractivity contribution < 1.29 is 4.74 Å². The maximum absolute atomic E-state index is 9.75. The van der Waals surface area contributed by atoms with E-state index in [1.54, 1.807) is 7.11 Å². The van der Waals surface area contributed by atoms with E-state index >= 15 is 0 Å². The van der Waals surface area contributed by atoms with Crippen LogP contribution in [-0.2, 0) is 0 Å². The largest absolute Gasteiger partial charge is 0.497 e. The average Bonchev–Trinajstić information content (AvgIpc) is 3.31. The highest BCUT2D eigenvalue weighted by Crippen LogP contribution is 2.40. The highest BCUT2D eigenvalue weighted by molar-refractivity contribution is 5.49. The number of likely N-dealkylation sites (N-methyl/N-ethyl adjacent to an activating group) is 1. The summed E-state index contributed by atoms with van der Waals surface area (Å²) in [5.41, 5.74) is 0.643. The maximum atomic E-state index is 9.75. The number of nitrogens with zero attached hydrogens (tertiary/aromatic N) is 2. The van der Waals surface area contributed by atoms with E-state index in [9.17, 15) is 5.26 Å². The lowest BCUT2D eigenvalue weighted by molar-refractivity contribution is 0.339. The van der Waals surface area contributed by atoms with Crippen LogP contribution in [0.4, 0.5) is 5.69 Å². The fourth-order valence-electron chi connectivity index (χ4n) is 2.84. The van der Waals surface area contributed by atoms with Crippen molar-refractivity contribution in [1.29, 1.82) is 5.26 Å². The second kappa shape index (κ2) is 6.36. The Hall–Kier alpha value is -1.73. The molecular formula is C17H25N3O. The van der Waals surface area contributed by atoms with Gasteiger partial charge in [-0.05, 0) is 56.9 Å². The molecule has 1 aliphatic rings. The number of nitrogens with one attached hydrogen (secondary N) is 1. The van der Waals surface area contributed by atoms with Crippen LogP contribution in [0.5, 0.6) is 5.75 Å². The minimum Gasteiger partial charge on any atom is -0.497 e. The van der Waals surface area contributed by atoms with Crippen molar-refractivity contribution in [2.45, 2.75) is 38.3 Å². The third-order valence-corrected chi connectivity index (χ3v) is 4.02. The molecule has 1 fully saturated rings. The minimum absolute atomic E-state index is 0.300. The molecule has 0 aliphatic heterocycles. The standard InChI is InChI=1S/C17H25N3O/c1-13(2)19-17(11-18,14-5-6-14)12-20(3)15-7-9-16(21-4)10-8-15/h7-10,13-14,19H,5-6,12H2,1-4H3. The van der Waals surface area contributed by atoms with Crippen molar-refractivity contribution in [3.05, 3.63) is 24.3 Å². The molecule has 1 N–H and O–H groups in total.